The van der Waals surface area contributed by atoms with E-state index in [0.29, 0.717) is 11.3 Å². The number of ketones is 1. The molecule has 120 valence electrons. The Morgan fingerprint density at radius 3 is 2.12 bits per heavy atom. The van der Waals surface area contributed by atoms with Gasteiger partial charge in [-0.25, -0.2) is 4.79 Å². The second kappa shape index (κ2) is 9.93. The van der Waals surface area contributed by atoms with Gasteiger partial charge in [-0.2, -0.15) is 0 Å². The van der Waals surface area contributed by atoms with Gasteiger partial charge in [-0.3, -0.25) is 4.79 Å². The standard InChI is InChI=1S/C18H16O5.Na.H/c1-22-15-7-2-13(3-8-15)4-11-17(19)14-5-9-16(10-6-14)23-12-18(20)21;;/h2-11H,12H2,1H3,(H,20,21);;. The molecule has 2 rings (SSSR count). The molecule has 1 N–H and O–H groups in total. The number of carboxylic acid groups (broad SMARTS) is 1. The zero-order valence-corrected chi connectivity index (χ0v) is 12.6. The van der Waals surface area contributed by atoms with Crippen molar-refractivity contribution >= 4 is 47.4 Å². The molecule has 2 aromatic rings. The van der Waals surface area contributed by atoms with Crippen molar-refractivity contribution in [1.82, 2.24) is 0 Å². The molecule has 6 heteroatoms. The summed E-state index contributed by atoms with van der Waals surface area (Å²) in [5, 5.41) is 8.53. The van der Waals surface area contributed by atoms with E-state index in [0.717, 1.165) is 11.3 Å². The summed E-state index contributed by atoms with van der Waals surface area (Å²) in [6.45, 7) is -0.412. The summed E-state index contributed by atoms with van der Waals surface area (Å²) in [5.74, 6) is -0.0355. The van der Waals surface area contributed by atoms with Crippen LogP contribution in [0.25, 0.3) is 6.08 Å². The number of carbonyl (C=O) groups excluding carboxylic acids is 1. The Morgan fingerprint density at radius 2 is 1.58 bits per heavy atom. The van der Waals surface area contributed by atoms with Crippen LogP contribution in [0.5, 0.6) is 11.5 Å². The van der Waals surface area contributed by atoms with Crippen molar-refractivity contribution in [3.63, 3.8) is 0 Å². The van der Waals surface area contributed by atoms with Crippen LogP contribution in [0.4, 0.5) is 0 Å². The third kappa shape index (κ3) is 6.20. The van der Waals surface area contributed by atoms with E-state index in [1.165, 1.54) is 6.08 Å². The normalized spacial score (nSPS) is 10.0. The summed E-state index contributed by atoms with van der Waals surface area (Å²) in [7, 11) is 1.60. The van der Waals surface area contributed by atoms with Crippen molar-refractivity contribution in [2.75, 3.05) is 13.7 Å². The monoisotopic (exact) mass is 336 g/mol. The van der Waals surface area contributed by atoms with Crippen molar-refractivity contribution in [1.29, 1.82) is 0 Å². The average molecular weight is 336 g/mol. The predicted octanol–water partition coefficient (Wildman–Crippen LogP) is 2.41. The zero-order valence-electron chi connectivity index (χ0n) is 12.6. The van der Waals surface area contributed by atoms with E-state index in [2.05, 4.69) is 0 Å². The van der Waals surface area contributed by atoms with Crippen molar-refractivity contribution in [3.8, 4) is 11.5 Å². The molecule has 0 aromatic heterocycles. The van der Waals surface area contributed by atoms with Crippen molar-refractivity contribution < 1.29 is 24.2 Å². The van der Waals surface area contributed by atoms with Crippen molar-refractivity contribution in [2.24, 2.45) is 0 Å². The molecule has 2 aromatic carbocycles. The molecule has 0 radical (unpaired) electrons. The topological polar surface area (TPSA) is 72.8 Å². The van der Waals surface area contributed by atoms with Gasteiger partial charge >= 0.3 is 35.5 Å². The third-order valence-corrected chi connectivity index (χ3v) is 3.04. The molecule has 0 amide bonds. The van der Waals surface area contributed by atoms with Gasteiger partial charge in [0.25, 0.3) is 0 Å². The van der Waals surface area contributed by atoms with Crippen LogP contribution in [0.3, 0.4) is 0 Å². The molecule has 0 saturated heterocycles. The molecule has 0 aliphatic rings. The van der Waals surface area contributed by atoms with E-state index < -0.39 is 12.6 Å². The second-order valence-electron chi connectivity index (χ2n) is 4.68. The third-order valence-electron chi connectivity index (χ3n) is 3.04. The number of carboxylic acids is 1. The Balaban J connectivity index is 0.00000288. The molecule has 0 heterocycles. The van der Waals surface area contributed by atoms with Gasteiger partial charge < -0.3 is 14.6 Å². The number of benzene rings is 2. The minimum absolute atomic E-state index is 0. The van der Waals surface area contributed by atoms with Gasteiger partial charge in [0.2, 0.25) is 0 Å². The number of hydrogen-bond donors (Lipinski definition) is 1. The molecule has 0 aliphatic carbocycles. The fourth-order valence-corrected chi connectivity index (χ4v) is 1.84. The first-order valence-electron chi connectivity index (χ1n) is 6.89. The van der Waals surface area contributed by atoms with Gasteiger partial charge in [0.05, 0.1) is 7.11 Å². The maximum atomic E-state index is 12.1. The number of ether oxygens (including phenoxy) is 2. The van der Waals surface area contributed by atoms with Gasteiger partial charge in [0, 0.05) is 5.56 Å². The molecule has 0 aliphatic heterocycles. The Morgan fingerprint density at radius 1 is 1.00 bits per heavy atom. The van der Waals surface area contributed by atoms with Crippen LogP contribution in [0.1, 0.15) is 15.9 Å². The second-order valence-corrected chi connectivity index (χ2v) is 4.68. The molecular formula is C18H17NaO5. The van der Waals surface area contributed by atoms with E-state index in [1.807, 2.05) is 24.3 Å². The summed E-state index contributed by atoms with van der Waals surface area (Å²) >= 11 is 0. The molecule has 0 spiro atoms. The molecule has 0 unspecified atom stereocenters. The SMILES string of the molecule is COc1ccc(C=CC(=O)c2ccc(OCC(=O)O)cc2)cc1.[NaH]. The van der Waals surface area contributed by atoms with Crippen molar-refractivity contribution in [3.05, 3.63) is 65.7 Å². The quantitative estimate of drug-likeness (QED) is 0.477. The maximum absolute atomic E-state index is 12.1. The first-order chi connectivity index (χ1) is 11.1. The molecule has 0 atom stereocenters. The van der Waals surface area contributed by atoms with Gasteiger partial charge in [0.15, 0.2) is 12.4 Å². The first kappa shape index (κ1) is 20.0. The molecule has 24 heavy (non-hydrogen) atoms. The summed E-state index contributed by atoms with van der Waals surface area (Å²) in [4.78, 5) is 22.5. The Labute approximate surface area is 162 Å². The van der Waals surface area contributed by atoms with Gasteiger partial charge in [-0.15, -0.1) is 0 Å². The first-order valence-corrected chi connectivity index (χ1v) is 6.89. The number of carbonyl (C=O) groups is 2. The number of allylic oxidation sites excluding steroid dienone is 1. The summed E-state index contributed by atoms with van der Waals surface area (Å²) in [6.07, 6.45) is 3.20. The van der Waals surface area contributed by atoms with Gasteiger partial charge in [-0.05, 0) is 48.0 Å². The van der Waals surface area contributed by atoms with Crippen LogP contribution < -0.4 is 9.47 Å². The minimum atomic E-state index is -1.05. The molecule has 0 bridgehead atoms. The van der Waals surface area contributed by atoms with E-state index in [9.17, 15) is 9.59 Å². The van der Waals surface area contributed by atoms with E-state index in [-0.39, 0.29) is 35.3 Å². The van der Waals surface area contributed by atoms with E-state index >= 15 is 0 Å². The number of aliphatic carboxylic acids is 1. The number of methoxy groups -OCH3 is 1. The Hall–Kier alpha value is -2.08. The van der Waals surface area contributed by atoms with E-state index in [1.54, 1.807) is 37.5 Å². The van der Waals surface area contributed by atoms with Crippen LogP contribution in [0.2, 0.25) is 0 Å². The van der Waals surface area contributed by atoms with Gasteiger partial charge in [-0.1, -0.05) is 18.2 Å². The van der Waals surface area contributed by atoms with Crippen LogP contribution >= 0.6 is 0 Å². The molecule has 0 fully saturated rings. The van der Waals surface area contributed by atoms with Crippen LogP contribution in [0.15, 0.2) is 54.6 Å². The van der Waals surface area contributed by atoms with Crippen molar-refractivity contribution in [2.45, 2.75) is 0 Å². The van der Waals surface area contributed by atoms with Crippen LogP contribution in [-0.2, 0) is 4.79 Å². The summed E-state index contributed by atoms with van der Waals surface area (Å²) in [5.41, 5.74) is 1.39. The fraction of sp³-hybridized carbons (Fsp3) is 0.111. The summed E-state index contributed by atoms with van der Waals surface area (Å²) < 4.78 is 10.1. The molecule has 0 saturated carbocycles. The number of rotatable bonds is 7. The van der Waals surface area contributed by atoms with E-state index in [4.69, 9.17) is 14.6 Å². The molecule has 5 nitrogen and oxygen atoms in total. The van der Waals surface area contributed by atoms with Crippen LogP contribution in [0, 0.1) is 0 Å². The number of hydrogen-bond acceptors (Lipinski definition) is 4. The zero-order chi connectivity index (χ0) is 16.7. The fourth-order valence-electron chi connectivity index (χ4n) is 1.84. The summed E-state index contributed by atoms with van der Waals surface area (Å²) in [6, 6.07) is 13.7. The molecular weight excluding hydrogens is 319 g/mol. The van der Waals surface area contributed by atoms with Gasteiger partial charge in [0.1, 0.15) is 11.5 Å². The van der Waals surface area contributed by atoms with Crippen LogP contribution in [-0.4, -0.2) is 60.1 Å². The average Bonchev–Trinajstić information content (AvgIpc) is 2.58. The Kier molecular flexibility index (Phi) is 8.26. The predicted molar refractivity (Wildman–Crippen MR) is 93.1 cm³/mol. The Bertz CT molecular complexity index is 705.